The summed E-state index contributed by atoms with van der Waals surface area (Å²) in [5.74, 6) is 2.43. The van der Waals surface area contributed by atoms with Crippen molar-refractivity contribution in [2.24, 2.45) is 0 Å². The van der Waals surface area contributed by atoms with E-state index in [0.29, 0.717) is 5.92 Å². The zero-order valence-corrected chi connectivity index (χ0v) is 14.5. The van der Waals surface area contributed by atoms with Gasteiger partial charge in [0.05, 0.1) is 0 Å². The van der Waals surface area contributed by atoms with Crippen molar-refractivity contribution in [2.45, 2.75) is 62.5 Å². The number of benzene rings is 1. The van der Waals surface area contributed by atoms with E-state index in [4.69, 9.17) is 0 Å². The van der Waals surface area contributed by atoms with Crippen molar-refractivity contribution in [3.63, 3.8) is 0 Å². The van der Waals surface area contributed by atoms with Gasteiger partial charge in [-0.25, -0.2) is 0 Å². The summed E-state index contributed by atoms with van der Waals surface area (Å²) in [4.78, 5) is 0. The molecule has 1 N–H and O–H groups in total. The second kappa shape index (κ2) is 9.06. The lowest BCUT2D eigenvalue weighted by atomic mass is 10.00. The predicted octanol–water partition coefficient (Wildman–Crippen LogP) is 4.37. The Morgan fingerprint density at radius 3 is 2.70 bits per heavy atom. The van der Waals surface area contributed by atoms with Gasteiger partial charge in [-0.1, -0.05) is 54.8 Å². The maximum absolute atomic E-state index is 4.25. The summed E-state index contributed by atoms with van der Waals surface area (Å²) in [6.45, 7) is 0. The molecule has 1 atom stereocenters. The second-order valence-corrected chi connectivity index (χ2v) is 7.77. The Kier molecular flexibility index (Phi) is 6.50. The van der Waals surface area contributed by atoms with Crippen LogP contribution in [0.5, 0.6) is 0 Å². The van der Waals surface area contributed by atoms with Crippen molar-refractivity contribution in [3.8, 4) is 0 Å². The van der Waals surface area contributed by atoms with Crippen LogP contribution in [0.15, 0.2) is 30.3 Å². The lowest BCUT2D eigenvalue weighted by molar-refractivity contribution is 0.514. The molecule has 0 saturated heterocycles. The SMILES string of the molecule is c1ccc(CCCC(CSC2CCCCC2)c2nn[nH]n2)cc1. The van der Waals surface area contributed by atoms with Gasteiger partial charge in [0.25, 0.3) is 0 Å². The average molecular weight is 331 g/mol. The molecule has 0 bridgehead atoms. The topological polar surface area (TPSA) is 54.5 Å². The van der Waals surface area contributed by atoms with Crippen molar-refractivity contribution >= 4 is 11.8 Å². The first-order valence-corrected chi connectivity index (χ1v) is 9.85. The highest BCUT2D eigenvalue weighted by molar-refractivity contribution is 7.99. The normalized spacial score (nSPS) is 17.2. The van der Waals surface area contributed by atoms with Gasteiger partial charge >= 0.3 is 0 Å². The van der Waals surface area contributed by atoms with Crippen molar-refractivity contribution in [2.75, 3.05) is 5.75 Å². The molecular formula is C18H26N4S. The number of hydrogen-bond donors (Lipinski definition) is 1. The van der Waals surface area contributed by atoms with E-state index in [-0.39, 0.29) is 0 Å². The summed E-state index contributed by atoms with van der Waals surface area (Å²) in [6, 6.07) is 10.7. The summed E-state index contributed by atoms with van der Waals surface area (Å²) in [5, 5.41) is 15.7. The molecule has 0 aliphatic heterocycles. The zero-order chi connectivity index (χ0) is 15.7. The molecule has 1 unspecified atom stereocenters. The maximum atomic E-state index is 4.25. The van der Waals surface area contributed by atoms with Crippen LogP contribution in [0.3, 0.4) is 0 Å². The summed E-state index contributed by atoms with van der Waals surface area (Å²) < 4.78 is 0. The van der Waals surface area contributed by atoms with Crippen LogP contribution in [0.2, 0.25) is 0 Å². The molecule has 4 nitrogen and oxygen atoms in total. The number of nitrogens with zero attached hydrogens (tertiary/aromatic N) is 3. The molecule has 2 aromatic rings. The molecule has 1 fully saturated rings. The number of aryl methyl sites for hydroxylation is 1. The predicted molar refractivity (Wildman–Crippen MR) is 95.6 cm³/mol. The van der Waals surface area contributed by atoms with Crippen molar-refractivity contribution < 1.29 is 0 Å². The van der Waals surface area contributed by atoms with Gasteiger partial charge in [0, 0.05) is 16.9 Å². The summed E-state index contributed by atoms with van der Waals surface area (Å²) in [6.07, 6.45) is 10.4. The van der Waals surface area contributed by atoms with Crippen LogP contribution >= 0.6 is 11.8 Å². The van der Waals surface area contributed by atoms with E-state index in [2.05, 4.69) is 62.7 Å². The highest BCUT2D eigenvalue weighted by atomic mass is 32.2. The number of rotatable bonds is 8. The van der Waals surface area contributed by atoms with Gasteiger partial charge in [-0.15, -0.1) is 10.2 Å². The first-order chi connectivity index (χ1) is 11.4. The Morgan fingerprint density at radius 2 is 1.96 bits per heavy atom. The van der Waals surface area contributed by atoms with Gasteiger partial charge in [0.2, 0.25) is 0 Å². The van der Waals surface area contributed by atoms with Gasteiger partial charge in [-0.2, -0.15) is 17.0 Å². The smallest absolute Gasteiger partial charge is 0.177 e. The number of aromatic nitrogens is 4. The fourth-order valence-corrected chi connectivity index (χ4v) is 4.80. The van der Waals surface area contributed by atoms with Crippen molar-refractivity contribution in [1.29, 1.82) is 0 Å². The van der Waals surface area contributed by atoms with Gasteiger partial charge in [-0.3, -0.25) is 0 Å². The fourth-order valence-electron chi connectivity index (χ4n) is 3.31. The molecule has 1 aliphatic carbocycles. The first kappa shape index (κ1) is 16.5. The molecule has 0 amide bonds. The number of tetrazole rings is 1. The second-order valence-electron chi connectivity index (χ2n) is 6.44. The Morgan fingerprint density at radius 1 is 1.13 bits per heavy atom. The van der Waals surface area contributed by atoms with Crippen molar-refractivity contribution in [3.05, 3.63) is 41.7 Å². The van der Waals surface area contributed by atoms with Gasteiger partial charge in [0.15, 0.2) is 5.82 Å². The molecular weight excluding hydrogens is 304 g/mol. The molecule has 1 aromatic heterocycles. The number of hydrogen-bond acceptors (Lipinski definition) is 4. The van der Waals surface area contributed by atoms with Crippen LogP contribution < -0.4 is 0 Å². The quantitative estimate of drug-likeness (QED) is 0.781. The minimum absolute atomic E-state index is 0.421. The Hall–Kier alpha value is -1.36. The molecule has 1 aliphatic rings. The number of nitrogens with one attached hydrogen (secondary N) is 1. The van der Waals surface area contributed by atoms with E-state index in [0.717, 1.165) is 29.7 Å². The minimum Gasteiger partial charge on any atom is -0.177 e. The third-order valence-corrected chi connectivity index (χ3v) is 6.21. The van der Waals surface area contributed by atoms with Crippen LogP contribution in [0, 0.1) is 0 Å². The lowest BCUT2D eigenvalue weighted by Crippen LogP contribution is -2.13. The van der Waals surface area contributed by atoms with Crippen LogP contribution in [0.25, 0.3) is 0 Å². The van der Waals surface area contributed by atoms with E-state index in [1.807, 2.05) is 0 Å². The summed E-state index contributed by atoms with van der Waals surface area (Å²) in [5.41, 5.74) is 1.42. The average Bonchev–Trinajstić information content (AvgIpc) is 3.14. The molecule has 3 rings (SSSR count). The third-order valence-electron chi connectivity index (χ3n) is 4.67. The van der Waals surface area contributed by atoms with E-state index in [9.17, 15) is 0 Å². The highest BCUT2D eigenvalue weighted by Gasteiger charge is 2.20. The zero-order valence-electron chi connectivity index (χ0n) is 13.7. The fraction of sp³-hybridized carbons (Fsp3) is 0.611. The summed E-state index contributed by atoms with van der Waals surface area (Å²) in [7, 11) is 0. The number of aromatic amines is 1. The Labute approximate surface area is 142 Å². The molecule has 0 spiro atoms. The van der Waals surface area contributed by atoms with Crippen molar-refractivity contribution in [1.82, 2.24) is 20.6 Å². The van der Waals surface area contributed by atoms with Crippen LogP contribution in [0.1, 0.15) is 62.3 Å². The Bertz CT molecular complexity index is 537. The molecule has 1 saturated carbocycles. The van der Waals surface area contributed by atoms with E-state index in [1.54, 1.807) is 0 Å². The number of thioether (sulfide) groups is 1. The van der Waals surface area contributed by atoms with Gasteiger partial charge in [-0.05, 0) is 37.7 Å². The van der Waals surface area contributed by atoms with Crippen LogP contribution in [0.4, 0.5) is 0 Å². The third kappa shape index (κ3) is 5.34. The molecule has 5 heteroatoms. The molecule has 23 heavy (non-hydrogen) atoms. The van der Waals surface area contributed by atoms with E-state index < -0.39 is 0 Å². The molecule has 1 aromatic carbocycles. The van der Waals surface area contributed by atoms with E-state index in [1.165, 1.54) is 44.1 Å². The number of H-pyrrole nitrogens is 1. The lowest BCUT2D eigenvalue weighted by Gasteiger charge is -2.23. The first-order valence-electron chi connectivity index (χ1n) is 8.80. The summed E-state index contributed by atoms with van der Waals surface area (Å²) >= 11 is 2.13. The van der Waals surface area contributed by atoms with Crippen LogP contribution in [-0.2, 0) is 6.42 Å². The largest absolute Gasteiger partial charge is 0.178 e. The minimum atomic E-state index is 0.421. The molecule has 1 heterocycles. The standard InChI is InChI=1S/C18H26N4S/c1-3-8-15(9-4-1)10-7-11-16(18-19-21-22-20-18)14-23-17-12-5-2-6-13-17/h1,3-4,8-9,16-17H,2,5-7,10-14H2,(H,19,20,21,22). The highest BCUT2D eigenvalue weighted by Crippen LogP contribution is 2.32. The maximum Gasteiger partial charge on any atom is 0.178 e. The van der Waals surface area contributed by atoms with E-state index >= 15 is 0 Å². The molecule has 0 radical (unpaired) electrons. The van der Waals surface area contributed by atoms with Gasteiger partial charge < -0.3 is 0 Å². The molecule has 124 valence electrons. The monoisotopic (exact) mass is 330 g/mol. The van der Waals surface area contributed by atoms with Crippen LogP contribution in [-0.4, -0.2) is 31.6 Å². The Balaban J connectivity index is 1.49. The van der Waals surface area contributed by atoms with Gasteiger partial charge in [0.1, 0.15) is 0 Å².